The Kier molecular flexibility index (Phi) is 3.83. The van der Waals surface area contributed by atoms with E-state index < -0.39 is 0 Å². The van der Waals surface area contributed by atoms with E-state index in [0.29, 0.717) is 0 Å². The molecule has 1 heterocycles. The minimum absolute atomic E-state index is 0.243. The number of fused-ring (bicyclic) bond motifs is 1. The maximum Gasteiger partial charge on any atom is 0.0399 e. The molecule has 0 fully saturated rings. The van der Waals surface area contributed by atoms with Crippen molar-refractivity contribution in [3.05, 3.63) is 29.8 Å². The quantitative estimate of drug-likeness (QED) is 0.826. The Morgan fingerprint density at radius 1 is 1.25 bits per heavy atom. The normalized spacial score (nSPS) is 18.5. The predicted molar refractivity (Wildman–Crippen MR) is 69.9 cm³/mol. The Bertz CT molecular complexity index is 333. The number of benzene rings is 1. The lowest BCUT2D eigenvalue weighted by Gasteiger charge is -2.30. The van der Waals surface area contributed by atoms with Crippen LogP contribution in [0.5, 0.6) is 0 Å². The van der Waals surface area contributed by atoms with Crippen LogP contribution in [0.25, 0.3) is 0 Å². The van der Waals surface area contributed by atoms with Gasteiger partial charge >= 0.3 is 0 Å². The predicted octanol–water partition coefficient (Wildman–Crippen LogP) is 2.57. The van der Waals surface area contributed by atoms with Crippen molar-refractivity contribution in [2.45, 2.75) is 38.6 Å². The summed E-state index contributed by atoms with van der Waals surface area (Å²) < 4.78 is 0. The second-order valence-corrected chi connectivity index (χ2v) is 4.86. The molecular formula is C14H22N2. The number of para-hydroxylation sites is 1. The molecule has 2 N–H and O–H groups in total. The van der Waals surface area contributed by atoms with Crippen LogP contribution in [-0.2, 0) is 6.42 Å². The van der Waals surface area contributed by atoms with Gasteiger partial charge in [0.1, 0.15) is 0 Å². The standard InChI is InChI=1S/C14H22N2/c1-12(15)11-16-10-6-2-3-7-13-8-4-5-9-14(13)16/h4-5,8-9,12H,2-3,6-7,10-11,15H2,1H3. The van der Waals surface area contributed by atoms with E-state index in [-0.39, 0.29) is 6.04 Å². The molecule has 0 bridgehead atoms. The van der Waals surface area contributed by atoms with Crippen molar-refractivity contribution in [1.82, 2.24) is 0 Å². The molecule has 2 heteroatoms. The average Bonchev–Trinajstić information content (AvgIpc) is 2.24. The number of nitrogens with zero attached hydrogens (tertiary/aromatic N) is 1. The Morgan fingerprint density at radius 3 is 2.88 bits per heavy atom. The molecule has 0 spiro atoms. The van der Waals surface area contributed by atoms with Crippen LogP contribution in [0.15, 0.2) is 24.3 Å². The van der Waals surface area contributed by atoms with Crippen molar-refractivity contribution in [1.29, 1.82) is 0 Å². The monoisotopic (exact) mass is 218 g/mol. The van der Waals surface area contributed by atoms with Crippen LogP contribution < -0.4 is 10.6 Å². The Labute approximate surface area is 98.4 Å². The van der Waals surface area contributed by atoms with Gasteiger partial charge in [-0.15, -0.1) is 0 Å². The SMILES string of the molecule is CC(N)CN1CCCCCc2ccccc21. The van der Waals surface area contributed by atoms with Gasteiger partial charge in [-0.25, -0.2) is 0 Å². The number of hydrogen-bond acceptors (Lipinski definition) is 2. The molecule has 1 aliphatic heterocycles. The van der Waals surface area contributed by atoms with E-state index in [1.807, 2.05) is 0 Å². The summed E-state index contributed by atoms with van der Waals surface area (Å²) in [6.07, 6.45) is 5.17. The first-order valence-electron chi connectivity index (χ1n) is 6.36. The van der Waals surface area contributed by atoms with Crippen LogP contribution >= 0.6 is 0 Å². The van der Waals surface area contributed by atoms with Gasteiger partial charge in [-0.05, 0) is 37.8 Å². The zero-order valence-electron chi connectivity index (χ0n) is 10.2. The number of hydrogen-bond donors (Lipinski definition) is 1. The van der Waals surface area contributed by atoms with Crippen molar-refractivity contribution in [2.24, 2.45) is 5.73 Å². The van der Waals surface area contributed by atoms with Crippen LogP contribution in [0.2, 0.25) is 0 Å². The molecule has 1 aromatic carbocycles. The summed E-state index contributed by atoms with van der Waals surface area (Å²) in [5.41, 5.74) is 8.82. The molecule has 2 nitrogen and oxygen atoms in total. The highest BCUT2D eigenvalue weighted by molar-refractivity contribution is 5.54. The van der Waals surface area contributed by atoms with Crippen molar-refractivity contribution >= 4 is 5.69 Å². The average molecular weight is 218 g/mol. The largest absolute Gasteiger partial charge is 0.370 e. The molecule has 16 heavy (non-hydrogen) atoms. The van der Waals surface area contributed by atoms with E-state index >= 15 is 0 Å². The van der Waals surface area contributed by atoms with Crippen molar-refractivity contribution in [2.75, 3.05) is 18.0 Å². The maximum atomic E-state index is 5.93. The summed E-state index contributed by atoms with van der Waals surface area (Å²) in [7, 11) is 0. The first-order valence-corrected chi connectivity index (χ1v) is 6.36. The number of rotatable bonds is 2. The fourth-order valence-corrected chi connectivity index (χ4v) is 2.48. The van der Waals surface area contributed by atoms with Crippen LogP contribution in [0.1, 0.15) is 31.7 Å². The van der Waals surface area contributed by atoms with E-state index in [4.69, 9.17) is 5.73 Å². The highest BCUT2D eigenvalue weighted by Gasteiger charge is 2.14. The number of nitrogens with two attached hydrogens (primary N) is 1. The highest BCUT2D eigenvalue weighted by Crippen LogP contribution is 2.25. The fourth-order valence-electron chi connectivity index (χ4n) is 2.48. The minimum atomic E-state index is 0.243. The minimum Gasteiger partial charge on any atom is -0.370 e. The maximum absolute atomic E-state index is 5.93. The van der Waals surface area contributed by atoms with Gasteiger partial charge in [0.15, 0.2) is 0 Å². The molecular weight excluding hydrogens is 196 g/mol. The highest BCUT2D eigenvalue weighted by atomic mass is 15.1. The van der Waals surface area contributed by atoms with Crippen molar-refractivity contribution < 1.29 is 0 Å². The fraction of sp³-hybridized carbons (Fsp3) is 0.571. The van der Waals surface area contributed by atoms with Gasteiger partial charge < -0.3 is 10.6 Å². The van der Waals surface area contributed by atoms with Gasteiger partial charge in [-0.3, -0.25) is 0 Å². The Balaban J connectivity index is 2.24. The summed E-state index contributed by atoms with van der Waals surface area (Å²) in [6, 6.07) is 9.02. The molecule has 0 aromatic heterocycles. The smallest absolute Gasteiger partial charge is 0.0399 e. The summed E-state index contributed by atoms with van der Waals surface area (Å²) in [4.78, 5) is 2.46. The molecule has 0 saturated heterocycles. The van der Waals surface area contributed by atoms with Crippen LogP contribution in [0.4, 0.5) is 5.69 Å². The van der Waals surface area contributed by atoms with E-state index in [1.54, 1.807) is 0 Å². The van der Waals surface area contributed by atoms with Crippen molar-refractivity contribution in [3.8, 4) is 0 Å². The molecule has 1 aromatic rings. The van der Waals surface area contributed by atoms with Crippen molar-refractivity contribution in [3.63, 3.8) is 0 Å². The third-order valence-electron chi connectivity index (χ3n) is 3.21. The van der Waals surface area contributed by atoms with Gasteiger partial charge in [0.05, 0.1) is 0 Å². The van der Waals surface area contributed by atoms with Gasteiger partial charge in [-0.1, -0.05) is 24.6 Å². The topological polar surface area (TPSA) is 29.3 Å². The van der Waals surface area contributed by atoms with Crippen LogP contribution in [0, 0.1) is 0 Å². The van der Waals surface area contributed by atoms with E-state index in [1.165, 1.54) is 36.9 Å². The zero-order valence-corrected chi connectivity index (χ0v) is 10.2. The van der Waals surface area contributed by atoms with Gasteiger partial charge in [0, 0.05) is 24.8 Å². The lowest BCUT2D eigenvalue weighted by atomic mass is 10.0. The molecule has 1 unspecified atom stereocenters. The molecule has 0 amide bonds. The number of anilines is 1. The summed E-state index contributed by atoms with van der Waals surface area (Å²) in [6.45, 7) is 4.21. The molecule has 1 aliphatic rings. The lowest BCUT2D eigenvalue weighted by Crippen LogP contribution is -2.37. The second kappa shape index (κ2) is 5.35. The molecule has 0 radical (unpaired) electrons. The van der Waals surface area contributed by atoms with E-state index in [2.05, 4.69) is 36.1 Å². The first-order chi connectivity index (χ1) is 7.77. The van der Waals surface area contributed by atoms with Crippen LogP contribution in [-0.4, -0.2) is 19.1 Å². The van der Waals surface area contributed by atoms with Gasteiger partial charge in [-0.2, -0.15) is 0 Å². The molecule has 88 valence electrons. The summed E-state index contributed by atoms with van der Waals surface area (Å²) >= 11 is 0. The molecule has 1 atom stereocenters. The lowest BCUT2D eigenvalue weighted by molar-refractivity contribution is 0.603. The van der Waals surface area contributed by atoms with Gasteiger partial charge in [0.2, 0.25) is 0 Å². The van der Waals surface area contributed by atoms with Crippen LogP contribution in [0.3, 0.4) is 0 Å². The summed E-state index contributed by atoms with van der Waals surface area (Å²) in [5, 5.41) is 0. The van der Waals surface area contributed by atoms with Gasteiger partial charge in [0.25, 0.3) is 0 Å². The Morgan fingerprint density at radius 2 is 2.06 bits per heavy atom. The number of aryl methyl sites for hydroxylation is 1. The molecule has 0 saturated carbocycles. The third-order valence-corrected chi connectivity index (χ3v) is 3.21. The molecule has 2 rings (SSSR count). The Hall–Kier alpha value is -1.02. The van der Waals surface area contributed by atoms with E-state index in [0.717, 1.165) is 13.1 Å². The third kappa shape index (κ3) is 2.76. The van der Waals surface area contributed by atoms with E-state index in [9.17, 15) is 0 Å². The second-order valence-electron chi connectivity index (χ2n) is 4.86. The molecule has 0 aliphatic carbocycles. The zero-order chi connectivity index (χ0) is 11.4. The first kappa shape index (κ1) is 11.5. The summed E-state index contributed by atoms with van der Waals surface area (Å²) in [5.74, 6) is 0.